The fraction of sp³-hybridized carbons (Fsp3) is 0.350. The Morgan fingerprint density at radius 1 is 1.23 bits per heavy atom. The van der Waals surface area contributed by atoms with Crippen LogP contribution in [0.2, 0.25) is 5.02 Å². The Bertz CT molecular complexity index is 717. The van der Waals surface area contributed by atoms with Gasteiger partial charge in [-0.15, -0.1) is 0 Å². The van der Waals surface area contributed by atoms with Gasteiger partial charge in [0.05, 0.1) is 31.4 Å². The molecule has 5 nitrogen and oxygen atoms in total. The number of hydrogen-bond acceptors (Lipinski definition) is 4. The number of nitrogens with one attached hydrogen (secondary N) is 1. The first-order chi connectivity index (χ1) is 12.7. The molecule has 0 aromatic heterocycles. The van der Waals surface area contributed by atoms with Crippen molar-refractivity contribution in [1.29, 1.82) is 0 Å². The van der Waals surface area contributed by atoms with Gasteiger partial charge < -0.3 is 19.5 Å². The lowest BCUT2D eigenvalue weighted by Gasteiger charge is -2.13. The summed E-state index contributed by atoms with van der Waals surface area (Å²) in [6.45, 7) is 1.68. The van der Waals surface area contributed by atoms with E-state index in [2.05, 4.69) is 5.32 Å². The highest BCUT2D eigenvalue weighted by Gasteiger charge is 2.15. The van der Waals surface area contributed by atoms with E-state index >= 15 is 0 Å². The maximum atomic E-state index is 12.2. The molecule has 0 aliphatic carbocycles. The van der Waals surface area contributed by atoms with Crippen LogP contribution < -0.4 is 10.1 Å². The van der Waals surface area contributed by atoms with Crippen molar-refractivity contribution in [2.75, 3.05) is 25.1 Å². The molecule has 0 radical (unpaired) electrons. The third-order valence-corrected chi connectivity index (χ3v) is 4.22. The van der Waals surface area contributed by atoms with Crippen molar-refractivity contribution in [2.24, 2.45) is 0 Å². The summed E-state index contributed by atoms with van der Waals surface area (Å²) in [5, 5.41) is 3.36. The maximum Gasteiger partial charge on any atom is 0.226 e. The van der Waals surface area contributed by atoms with Crippen molar-refractivity contribution < 1.29 is 19.0 Å². The Morgan fingerprint density at radius 2 is 2.08 bits per heavy atom. The molecule has 0 bridgehead atoms. The normalized spacial score (nSPS) is 16.4. The molecule has 0 spiro atoms. The second kappa shape index (κ2) is 9.57. The monoisotopic (exact) mass is 375 g/mol. The average molecular weight is 376 g/mol. The smallest absolute Gasteiger partial charge is 0.226 e. The molecule has 26 heavy (non-hydrogen) atoms. The highest BCUT2D eigenvalue weighted by atomic mass is 35.5. The minimum absolute atomic E-state index is 0.155. The second-order valence-corrected chi connectivity index (χ2v) is 6.50. The number of hydrogen-bond donors (Lipinski definition) is 1. The van der Waals surface area contributed by atoms with E-state index in [0.717, 1.165) is 19.4 Å². The Labute approximate surface area is 158 Å². The van der Waals surface area contributed by atoms with Gasteiger partial charge in [-0.2, -0.15) is 0 Å². The molecular weight excluding hydrogens is 354 g/mol. The highest BCUT2D eigenvalue weighted by molar-refractivity contribution is 6.31. The van der Waals surface area contributed by atoms with Crippen LogP contribution in [0.15, 0.2) is 48.5 Å². The standard InChI is InChI=1S/C20H22ClNO4/c21-15-8-9-19(26-16-5-2-1-3-6-16)18(13-15)22-20(23)10-12-24-14-17-7-4-11-25-17/h1-3,5-6,8-9,13,17H,4,7,10-12,14H2,(H,22,23). The number of para-hydroxylation sites is 1. The van der Waals surface area contributed by atoms with E-state index in [9.17, 15) is 4.79 Å². The zero-order chi connectivity index (χ0) is 18.2. The Balaban J connectivity index is 1.52. The molecule has 1 saturated heterocycles. The number of benzene rings is 2. The number of carbonyl (C=O) groups excluding carboxylic acids is 1. The molecule has 1 heterocycles. The molecule has 3 rings (SSSR count). The molecule has 0 saturated carbocycles. The van der Waals surface area contributed by atoms with Crippen LogP contribution in [0.1, 0.15) is 19.3 Å². The summed E-state index contributed by atoms with van der Waals surface area (Å²) in [6, 6.07) is 14.5. The third kappa shape index (κ3) is 5.73. The van der Waals surface area contributed by atoms with Gasteiger partial charge in [-0.1, -0.05) is 29.8 Å². The van der Waals surface area contributed by atoms with Gasteiger partial charge in [0.1, 0.15) is 5.75 Å². The van der Waals surface area contributed by atoms with E-state index in [0.29, 0.717) is 35.4 Å². The first-order valence-corrected chi connectivity index (χ1v) is 9.10. The molecule has 1 aliphatic heterocycles. The van der Waals surface area contributed by atoms with Crippen LogP contribution in [-0.4, -0.2) is 31.8 Å². The molecule has 1 amide bonds. The lowest BCUT2D eigenvalue weighted by molar-refractivity contribution is -0.117. The molecule has 2 aromatic carbocycles. The SMILES string of the molecule is O=C(CCOCC1CCCO1)Nc1cc(Cl)ccc1Oc1ccccc1. The van der Waals surface area contributed by atoms with Gasteiger partial charge in [-0.05, 0) is 43.2 Å². The Kier molecular flexibility index (Phi) is 6.89. The summed E-state index contributed by atoms with van der Waals surface area (Å²) in [5.74, 6) is 1.07. The van der Waals surface area contributed by atoms with Crippen LogP contribution in [0, 0.1) is 0 Å². The van der Waals surface area contributed by atoms with Crippen molar-refractivity contribution >= 4 is 23.2 Å². The quantitative estimate of drug-likeness (QED) is 0.682. The lowest BCUT2D eigenvalue weighted by Crippen LogP contribution is -2.18. The van der Waals surface area contributed by atoms with Crippen molar-refractivity contribution in [3.8, 4) is 11.5 Å². The third-order valence-electron chi connectivity index (χ3n) is 3.99. The summed E-state index contributed by atoms with van der Waals surface area (Å²) in [4.78, 5) is 12.2. The van der Waals surface area contributed by atoms with Crippen LogP contribution in [0.3, 0.4) is 0 Å². The van der Waals surface area contributed by atoms with Crippen molar-refractivity contribution in [3.63, 3.8) is 0 Å². The van der Waals surface area contributed by atoms with Gasteiger partial charge in [-0.3, -0.25) is 4.79 Å². The first kappa shape index (κ1) is 18.7. The van der Waals surface area contributed by atoms with Gasteiger partial charge >= 0.3 is 0 Å². The highest BCUT2D eigenvalue weighted by Crippen LogP contribution is 2.32. The van der Waals surface area contributed by atoms with Crippen LogP contribution >= 0.6 is 11.6 Å². The maximum absolute atomic E-state index is 12.2. The fourth-order valence-corrected chi connectivity index (χ4v) is 2.84. The molecule has 2 aromatic rings. The zero-order valence-electron chi connectivity index (χ0n) is 14.4. The minimum Gasteiger partial charge on any atom is -0.455 e. The van der Waals surface area contributed by atoms with Gasteiger partial charge in [0.2, 0.25) is 5.91 Å². The lowest BCUT2D eigenvalue weighted by atomic mass is 10.2. The fourth-order valence-electron chi connectivity index (χ4n) is 2.67. The largest absolute Gasteiger partial charge is 0.455 e. The number of ether oxygens (including phenoxy) is 3. The van der Waals surface area contributed by atoms with E-state index in [1.165, 1.54) is 0 Å². The topological polar surface area (TPSA) is 56.8 Å². The molecular formula is C20H22ClNO4. The summed E-state index contributed by atoms with van der Waals surface area (Å²) >= 11 is 6.06. The second-order valence-electron chi connectivity index (χ2n) is 6.06. The van der Waals surface area contributed by atoms with Gasteiger partial charge in [0.25, 0.3) is 0 Å². The zero-order valence-corrected chi connectivity index (χ0v) is 15.2. The molecule has 1 aliphatic rings. The molecule has 138 valence electrons. The summed E-state index contributed by atoms with van der Waals surface area (Å²) in [7, 11) is 0. The minimum atomic E-state index is -0.155. The number of rotatable bonds is 8. The van der Waals surface area contributed by atoms with Crippen molar-refractivity contribution in [2.45, 2.75) is 25.4 Å². The molecule has 1 unspecified atom stereocenters. The number of carbonyl (C=O) groups is 1. The average Bonchev–Trinajstić information content (AvgIpc) is 3.15. The first-order valence-electron chi connectivity index (χ1n) is 8.72. The van der Waals surface area contributed by atoms with Crippen LogP contribution in [0.4, 0.5) is 5.69 Å². The summed E-state index contributed by atoms with van der Waals surface area (Å²) in [5.41, 5.74) is 0.533. The Morgan fingerprint density at radius 3 is 2.85 bits per heavy atom. The molecule has 6 heteroatoms. The number of amides is 1. The van der Waals surface area contributed by atoms with E-state index in [1.807, 2.05) is 30.3 Å². The molecule has 1 N–H and O–H groups in total. The van der Waals surface area contributed by atoms with Gasteiger partial charge in [-0.25, -0.2) is 0 Å². The van der Waals surface area contributed by atoms with Gasteiger partial charge in [0, 0.05) is 11.6 Å². The van der Waals surface area contributed by atoms with Crippen LogP contribution in [0.5, 0.6) is 11.5 Å². The number of anilines is 1. The van der Waals surface area contributed by atoms with Gasteiger partial charge in [0.15, 0.2) is 5.75 Å². The number of halogens is 1. The van der Waals surface area contributed by atoms with Crippen molar-refractivity contribution in [1.82, 2.24) is 0 Å². The van der Waals surface area contributed by atoms with E-state index in [4.69, 9.17) is 25.8 Å². The predicted octanol–water partition coefficient (Wildman–Crippen LogP) is 4.66. The summed E-state index contributed by atoms with van der Waals surface area (Å²) in [6.07, 6.45) is 2.52. The van der Waals surface area contributed by atoms with E-state index in [-0.39, 0.29) is 18.4 Å². The van der Waals surface area contributed by atoms with E-state index in [1.54, 1.807) is 18.2 Å². The Hall–Kier alpha value is -2.08. The van der Waals surface area contributed by atoms with Crippen LogP contribution in [-0.2, 0) is 14.3 Å². The van der Waals surface area contributed by atoms with E-state index < -0.39 is 0 Å². The molecule has 1 fully saturated rings. The predicted molar refractivity (Wildman–Crippen MR) is 101 cm³/mol. The molecule has 1 atom stereocenters. The summed E-state index contributed by atoms with van der Waals surface area (Å²) < 4.78 is 16.9. The van der Waals surface area contributed by atoms with Crippen LogP contribution in [0.25, 0.3) is 0 Å². The van der Waals surface area contributed by atoms with Crippen molar-refractivity contribution in [3.05, 3.63) is 53.6 Å².